The van der Waals surface area contributed by atoms with E-state index in [4.69, 9.17) is 4.74 Å². The molecule has 9 atom stereocenters. The van der Waals surface area contributed by atoms with Crippen LogP contribution in [0.3, 0.4) is 0 Å². The third-order valence-corrected chi connectivity index (χ3v) is 14.2. The molecule has 6 fully saturated rings. The first kappa shape index (κ1) is 22.1. The molecule has 1 heterocycles. The number of carbonyl (C=O) groups is 1. The van der Waals surface area contributed by atoms with Crippen molar-refractivity contribution in [2.45, 2.75) is 131 Å². The zero-order valence-corrected chi connectivity index (χ0v) is 22.2. The van der Waals surface area contributed by atoms with Gasteiger partial charge in [0.05, 0.1) is 0 Å². The molecule has 180 valence electrons. The van der Waals surface area contributed by atoms with E-state index in [0.717, 1.165) is 24.7 Å². The van der Waals surface area contributed by atoms with Gasteiger partial charge in [0.2, 0.25) is 0 Å². The number of Topliss-reactive ketones (excluding diaryl/α,β-unsaturated/α-hetero) is 1. The number of carbonyl (C=O) groups excluding carboxylic acids is 1. The van der Waals surface area contributed by atoms with Crippen LogP contribution >= 0.6 is 0 Å². The van der Waals surface area contributed by atoms with Gasteiger partial charge in [-0.1, -0.05) is 55.4 Å². The van der Waals surface area contributed by atoms with Crippen molar-refractivity contribution in [2.75, 3.05) is 0 Å². The molecule has 0 amide bonds. The van der Waals surface area contributed by atoms with Crippen molar-refractivity contribution in [1.82, 2.24) is 0 Å². The number of hydrogen-bond donors (Lipinski definition) is 0. The summed E-state index contributed by atoms with van der Waals surface area (Å²) >= 11 is 0. The van der Waals surface area contributed by atoms with Gasteiger partial charge in [-0.15, -0.1) is 0 Å². The van der Waals surface area contributed by atoms with Crippen molar-refractivity contribution in [3.8, 4) is 0 Å². The number of ether oxygens (including phenoxy) is 1. The molecule has 1 spiro atoms. The van der Waals surface area contributed by atoms with Gasteiger partial charge in [0.25, 0.3) is 0 Å². The predicted octanol–water partition coefficient (Wildman–Crippen LogP) is 7.59. The highest BCUT2D eigenvalue weighted by Crippen LogP contribution is 2.84. The van der Waals surface area contributed by atoms with E-state index in [9.17, 15) is 4.79 Å². The fourth-order valence-electron chi connectivity index (χ4n) is 12.3. The van der Waals surface area contributed by atoms with E-state index < -0.39 is 0 Å². The third-order valence-electron chi connectivity index (χ3n) is 14.2. The molecule has 0 aromatic heterocycles. The van der Waals surface area contributed by atoms with Crippen LogP contribution in [0.25, 0.3) is 0 Å². The Balaban J connectivity index is 1.40. The molecule has 5 aliphatic carbocycles. The van der Waals surface area contributed by atoms with Gasteiger partial charge in [0, 0.05) is 17.3 Å². The van der Waals surface area contributed by atoms with E-state index in [2.05, 4.69) is 55.4 Å². The molecule has 2 heteroatoms. The fraction of sp³-hybridized carbons (Fsp3) is 0.967. The van der Waals surface area contributed by atoms with Gasteiger partial charge < -0.3 is 4.74 Å². The topological polar surface area (TPSA) is 29.6 Å². The summed E-state index contributed by atoms with van der Waals surface area (Å²) in [4.78, 5) is 12.9. The summed E-state index contributed by atoms with van der Waals surface area (Å²) < 4.78 is 6.87. The van der Waals surface area contributed by atoms with Crippen LogP contribution in [0.5, 0.6) is 0 Å². The average molecular weight is 441 g/mol. The van der Waals surface area contributed by atoms with Gasteiger partial charge in [-0.3, -0.25) is 4.79 Å². The summed E-state index contributed by atoms with van der Waals surface area (Å²) in [6.45, 7) is 20.0. The maximum absolute atomic E-state index is 12.9. The number of fused-ring (bicyclic) bond motifs is 6. The van der Waals surface area contributed by atoms with Gasteiger partial charge in [0.15, 0.2) is 0 Å². The molecule has 0 aromatic carbocycles. The quantitative estimate of drug-likeness (QED) is 0.393. The van der Waals surface area contributed by atoms with Crippen LogP contribution in [0.15, 0.2) is 0 Å². The van der Waals surface area contributed by atoms with E-state index in [1.54, 1.807) is 0 Å². The second-order valence-electron chi connectivity index (χ2n) is 15.2. The third kappa shape index (κ3) is 2.02. The number of rotatable bonds is 1. The maximum Gasteiger partial charge on any atom is 0.138 e. The van der Waals surface area contributed by atoms with Crippen molar-refractivity contribution in [1.29, 1.82) is 0 Å². The lowest BCUT2D eigenvalue weighted by atomic mass is 9.32. The van der Waals surface area contributed by atoms with Gasteiger partial charge in [-0.25, -0.2) is 0 Å². The first-order valence-electron chi connectivity index (χ1n) is 14.0. The molecular weight excluding hydrogens is 392 g/mol. The van der Waals surface area contributed by atoms with Crippen LogP contribution in [0.2, 0.25) is 0 Å². The average Bonchev–Trinajstić information content (AvgIpc) is 3.32. The molecule has 0 radical (unpaired) electrons. The van der Waals surface area contributed by atoms with Crippen molar-refractivity contribution >= 4 is 5.78 Å². The van der Waals surface area contributed by atoms with Crippen LogP contribution in [0.1, 0.15) is 120 Å². The minimum absolute atomic E-state index is 0.140. The standard InChI is InChI=1S/C30H48O2/c1-19(2)29-17-15-28(8)22-10-9-21-25(5)13-12-23(31)24(3,4)20(25)11-14-26(21,6)27(22,7)16-18-30(28,29)32-29/h19-22H,9-18H2,1-8H3/t20?,21?,22?,25-,26+,27+,28+,29-,30-/m1/s1. The highest BCUT2D eigenvalue weighted by molar-refractivity contribution is 5.85. The Morgan fingerprint density at radius 2 is 1.34 bits per heavy atom. The Hall–Kier alpha value is -0.370. The summed E-state index contributed by atoms with van der Waals surface area (Å²) in [5, 5.41) is 0. The smallest absolute Gasteiger partial charge is 0.138 e. The van der Waals surface area contributed by atoms with Crippen LogP contribution in [-0.4, -0.2) is 17.0 Å². The minimum Gasteiger partial charge on any atom is -0.362 e. The van der Waals surface area contributed by atoms with Crippen LogP contribution < -0.4 is 0 Å². The van der Waals surface area contributed by atoms with Crippen LogP contribution in [0, 0.1) is 50.7 Å². The molecule has 3 unspecified atom stereocenters. The zero-order valence-electron chi connectivity index (χ0n) is 22.2. The Labute approximate surface area is 197 Å². The summed E-state index contributed by atoms with van der Waals surface area (Å²) in [5.41, 5.74) is 1.66. The van der Waals surface area contributed by atoms with Gasteiger partial charge in [0.1, 0.15) is 17.0 Å². The van der Waals surface area contributed by atoms with Crippen molar-refractivity contribution in [2.24, 2.45) is 50.7 Å². The van der Waals surface area contributed by atoms with E-state index in [0.29, 0.717) is 39.3 Å². The monoisotopic (exact) mass is 440 g/mol. The number of epoxide rings is 1. The molecule has 1 saturated heterocycles. The van der Waals surface area contributed by atoms with Crippen molar-refractivity contribution in [3.63, 3.8) is 0 Å². The molecule has 6 rings (SSSR count). The first-order valence-corrected chi connectivity index (χ1v) is 14.0. The van der Waals surface area contributed by atoms with Crippen molar-refractivity contribution < 1.29 is 9.53 Å². The van der Waals surface area contributed by atoms with E-state index in [-0.39, 0.29) is 16.6 Å². The van der Waals surface area contributed by atoms with Gasteiger partial charge in [-0.05, 0) is 97.7 Å². The Kier molecular flexibility index (Phi) is 4.06. The van der Waals surface area contributed by atoms with Gasteiger partial charge in [-0.2, -0.15) is 0 Å². The van der Waals surface area contributed by atoms with Gasteiger partial charge >= 0.3 is 0 Å². The SMILES string of the molecule is CC(C)[C@]12CC[C@@]3(C)C4CCC5[C@]6(C)CCC(=O)C(C)(C)C6CC[C@]5(C)[C@@]4(C)CC[C@@]31O2. The highest BCUT2D eigenvalue weighted by atomic mass is 16.6. The lowest BCUT2D eigenvalue weighted by Crippen LogP contribution is -2.67. The summed E-state index contributed by atoms with van der Waals surface area (Å²) in [7, 11) is 0. The first-order chi connectivity index (χ1) is 14.8. The number of hydrogen-bond acceptors (Lipinski definition) is 2. The van der Waals surface area contributed by atoms with Crippen LogP contribution in [0.4, 0.5) is 0 Å². The number of ketones is 1. The molecule has 5 saturated carbocycles. The Bertz CT molecular complexity index is 874. The van der Waals surface area contributed by atoms with Crippen molar-refractivity contribution in [3.05, 3.63) is 0 Å². The highest BCUT2D eigenvalue weighted by Gasteiger charge is 2.86. The molecule has 2 nitrogen and oxygen atoms in total. The van der Waals surface area contributed by atoms with E-state index in [1.807, 2.05) is 0 Å². The normalized spacial score (nSPS) is 60.2. The summed E-state index contributed by atoms with van der Waals surface area (Å²) in [6, 6.07) is 0. The Morgan fingerprint density at radius 1 is 0.719 bits per heavy atom. The summed E-state index contributed by atoms with van der Waals surface area (Å²) in [6.07, 6.45) is 12.5. The fourth-order valence-corrected chi connectivity index (χ4v) is 12.3. The molecule has 32 heavy (non-hydrogen) atoms. The second kappa shape index (κ2) is 5.88. The van der Waals surface area contributed by atoms with E-state index >= 15 is 0 Å². The molecule has 0 N–H and O–H groups in total. The lowest BCUT2D eigenvalue weighted by molar-refractivity contribution is -0.241. The molecule has 0 aromatic rings. The second-order valence-corrected chi connectivity index (χ2v) is 15.2. The maximum atomic E-state index is 12.9. The van der Waals surface area contributed by atoms with E-state index in [1.165, 1.54) is 51.4 Å². The lowest BCUT2D eigenvalue weighted by Gasteiger charge is -2.72. The molecular formula is C30H48O2. The molecule has 6 aliphatic rings. The van der Waals surface area contributed by atoms with Crippen LogP contribution in [-0.2, 0) is 9.53 Å². The molecule has 1 aliphatic heterocycles. The Morgan fingerprint density at radius 3 is 2.00 bits per heavy atom. The predicted molar refractivity (Wildman–Crippen MR) is 129 cm³/mol. The largest absolute Gasteiger partial charge is 0.362 e. The molecule has 0 bridgehead atoms. The minimum atomic E-state index is -0.140. The summed E-state index contributed by atoms with van der Waals surface area (Å²) in [5.74, 6) is 3.27. The zero-order chi connectivity index (χ0) is 23.2.